The summed E-state index contributed by atoms with van der Waals surface area (Å²) in [5.74, 6) is -0.293. The van der Waals surface area contributed by atoms with Crippen LogP contribution in [-0.2, 0) is 15.6 Å². The number of nitrogens with one attached hydrogen (secondary N) is 1. The molecule has 1 N–H and O–H groups in total. The van der Waals surface area contributed by atoms with Crippen LogP contribution in [0.2, 0.25) is 0 Å². The van der Waals surface area contributed by atoms with Crippen molar-refractivity contribution in [3.8, 4) is 6.07 Å². The second kappa shape index (κ2) is 7.39. The Hall–Kier alpha value is -1.49. The molecule has 0 atom stereocenters. The fourth-order valence-electron chi connectivity index (χ4n) is 3.09. The van der Waals surface area contributed by atoms with Crippen molar-refractivity contribution in [2.75, 3.05) is 20.1 Å². The first kappa shape index (κ1) is 17.9. The molecule has 0 aliphatic heterocycles. The normalized spacial score (nSPS) is 17.3. The highest BCUT2D eigenvalue weighted by molar-refractivity contribution is 7.87. The summed E-state index contributed by atoms with van der Waals surface area (Å²) in [7, 11) is -2.16. The third-order valence-corrected chi connectivity index (χ3v) is 6.07. The molecule has 1 saturated carbocycles. The predicted molar refractivity (Wildman–Crippen MR) is 86.3 cm³/mol. The molecule has 0 saturated heterocycles. The SMILES string of the molecule is CN(CCC#N)S(=O)(=O)NCC1(c2ccc(F)cc2)CCCC1. The molecule has 0 spiro atoms. The van der Waals surface area contributed by atoms with Crippen molar-refractivity contribution in [2.45, 2.75) is 37.5 Å². The molecular weight excluding hydrogens is 317 g/mol. The number of nitriles is 1. The van der Waals surface area contributed by atoms with E-state index in [4.69, 9.17) is 5.26 Å². The largest absolute Gasteiger partial charge is 0.279 e. The quantitative estimate of drug-likeness (QED) is 0.828. The van der Waals surface area contributed by atoms with Crippen LogP contribution in [0.3, 0.4) is 0 Å². The molecule has 0 aromatic heterocycles. The van der Waals surface area contributed by atoms with Gasteiger partial charge >= 0.3 is 0 Å². The van der Waals surface area contributed by atoms with E-state index in [1.165, 1.54) is 19.2 Å². The number of rotatable bonds is 7. The summed E-state index contributed by atoms with van der Waals surface area (Å²) in [4.78, 5) is 0. The highest BCUT2D eigenvalue weighted by Gasteiger charge is 2.37. The molecule has 1 aromatic carbocycles. The molecule has 5 nitrogen and oxygen atoms in total. The highest BCUT2D eigenvalue weighted by atomic mass is 32.2. The Morgan fingerprint density at radius 3 is 2.48 bits per heavy atom. The Morgan fingerprint density at radius 2 is 1.91 bits per heavy atom. The van der Waals surface area contributed by atoms with Gasteiger partial charge in [-0.15, -0.1) is 0 Å². The van der Waals surface area contributed by atoms with Gasteiger partial charge in [0, 0.05) is 32.0 Å². The molecule has 1 aliphatic carbocycles. The average molecular weight is 339 g/mol. The first-order valence-corrected chi connectivity index (χ1v) is 9.18. The minimum absolute atomic E-state index is 0.153. The Kier molecular flexibility index (Phi) is 5.74. The van der Waals surface area contributed by atoms with Crippen LogP contribution in [0.25, 0.3) is 0 Å². The van der Waals surface area contributed by atoms with Crippen LogP contribution >= 0.6 is 0 Å². The average Bonchev–Trinajstić information content (AvgIpc) is 3.01. The van der Waals surface area contributed by atoms with Gasteiger partial charge in [0.25, 0.3) is 10.2 Å². The first-order chi connectivity index (χ1) is 10.9. The van der Waals surface area contributed by atoms with Crippen LogP contribution in [0, 0.1) is 17.1 Å². The fourth-order valence-corrected chi connectivity index (χ4v) is 4.10. The standard InChI is InChI=1S/C16H22FN3O2S/c1-20(12-4-11-18)23(21,22)19-13-16(9-2-3-10-16)14-5-7-15(17)8-6-14/h5-8,19H,2-4,9-10,12-13H2,1H3. The van der Waals surface area contributed by atoms with Gasteiger partial charge in [0.05, 0.1) is 6.07 Å². The van der Waals surface area contributed by atoms with E-state index in [0.717, 1.165) is 35.6 Å². The maximum absolute atomic E-state index is 13.2. The van der Waals surface area contributed by atoms with Gasteiger partial charge in [0.1, 0.15) is 5.82 Å². The van der Waals surface area contributed by atoms with Gasteiger partial charge in [-0.3, -0.25) is 0 Å². The van der Waals surface area contributed by atoms with E-state index in [1.54, 1.807) is 12.1 Å². The van der Waals surface area contributed by atoms with Gasteiger partial charge in [0.2, 0.25) is 0 Å². The zero-order valence-corrected chi connectivity index (χ0v) is 14.1. The number of hydrogen-bond acceptors (Lipinski definition) is 3. The summed E-state index contributed by atoms with van der Waals surface area (Å²) in [5.41, 5.74) is 0.690. The minimum atomic E-state index is -3.62. The summed E-state index contributed by atoms with van der Waals surface area (Å²) in [6.45, 7) is 0.452. The lowest BCUT2D eigenvalue weighted by Crippen LogP contribution is -2.45. The molecule has 1 fully saturated rings. The summed E-state index contributed by atoms with van der Waals surface area (Å²) in [6.07, 6.45) is 3.97. The Morgan fingerprint density at radius 1 is 1.30 bits per heavy atom. The monoisotopic (exact) mass is 339 g/mol. The van der Waals surface area contributed by atoms with Crippen molar-refractivity contribution in [3.05, 3.63) is 35.6 Å². The van der Waals surface area contributed by atoms with Gasteiger partial charge < -0.3 is 0 Å². The van der Waals surface area contributed by atoms with Crippen LogP contribution in [0.4, 0.5) is 4.39 Å². The minimum Gasteiger partial charge on any atom is -0.207 e. The van der Waals surface area contributed by atoms with E-state index in [9.17, 15) is 12.8 Å². The highest BCUT2D eigenvalue weighted by Crippen LogP contribution is 2.40. The van der Waals surface area contributed by atoms with E-state index in [-0.39, 0.29) is 30.7 Å². The predicted octanol–water partition coefficient (Wildman–Crippen LogP) is 2.32. The number of hydrogen-bond donors (Lipinski definition) is 1. The van der Waals surface area contributed by atoms with Crippen molar-refractivity contribution in [3.63, 3.8) is 0 Å². The third-order valence-electron chi connectivity index (χ3n) is 4.56. The van der Waals surface area contributed by atoms with E-state index < -0.39 is 10.2 Å². The van der Waals surface area contributed by atoms with Crippen LogP contribution < -0.4 is 4.72 Å². The van der Waals surface area contributed by atoms with Gasteiger partial charge in [-0.2, -0.15) is 18.0 Å². The van der Waals surface area contributed by atoms with E-state index in [1.807, 2.05) is 6.07 Å². The van der Waals surface area contributed by atoms with Gasteiger partial charge in [-0.05, 0) is 30.5 Å². The molecular formula is C16H22FN3O2S. The lowest BCUT2D eigenvalue weighted by atomic mass is 9.79. The molecule has 1 aromatic rings. The lowest BCUT2D eigenvalue weighted by Gasteiger charge is -2.31. The molecule has 7 heteroatoms. The van der Waals surface area contributed by atoms with E-state index in [2.05, 4.69) is 4.72 Å². The lowest BCUT2D eigenvalue weighted by molar-refractivity contribution is 0.412. The van der Waals surface area contributed by atoms with Crippen LogP contribution in [0.1, 0.15) is 37.7 Å². The maximum atomic E-state index is 13.2. The van der Waals surface area contributed by atoms with Gasteiger partial charge in [-0.1, -0.05) is 25.0 Å². The smallest absolute Gasteiger partial charge is 0.207 e. The topological polar surface area (TPSA) is 73.2 Å². The third kappa shape index (κ3) is 4.28. The maximum Gasteiger partial charge on any atom is 0.279 e. The molecule has 2 rings (SSSR count). The molecule has 23 heavy (non-hydrogen) atoms. The van der Waals surface area contributed by atoms with Gasteiger partial charge in [0.15, 0.2) is 0 Å². The van der Waals surface area contributed by atoms with Crippen LogP contribution in [-0.4, -0.2) is 32.9 Å². The summed E-state index contributed by atoms with van der Waals surface area (Å²) in [5, 5.41) is 8.57. The Bertz CT molecular complexity index is 662. The Labute approximate surface area is 137 Å². The zero-order chi connectivity index (χ0) is 16.9. The summed E-state index contributed by atoms with van der Waals surface area (Å²) < 4.78 is 41.5. The number of benzene rings is 1. The molecule has 126 valence electrons. The number of halogens is 1. The van der Waals surface area contributed by atoms with E-state index in [0.29, 0.717) is 0 Å². The van der Waals surface area contributed by atoms with Crippen molar-refractivity contribution >= 4 is 10.2 Å². The van der Waals surface area contributed by atoms with E-state index >= 15 is 0 Å². The van der Waals surface area contributed by atoms with Crippen LogP contribution in [0.5, 0.6) is 0 Å². The van der Waals surface area contributed by atoms with Crippen molar-refractivity contribution in [1.29, 1.82) is 5.26 Å². The van der Waals surface area contributed by atoms with Crippen LogP contribution in [0.15, 0.2) is 24.3 Å². The first-order valence-electron chi connectivity index (χ1n) is 7.74. The number of nitrogens with zero attached hydrogens (tertiary/aromatic N) is 2. The van der Waals surface area contributed by atoms with Gasteiger partial charge in [-0.25, -0.2) is 9.11 Å². The Balaban J connectivity index is 2.11. The van der Waals surface area contributed by atoms with Crippen molar-refractivity contribution < 1.29 is 12.8 Å². The fraction of sp³-hybridized carbons (Fsp3) is 0.562. The molecule has 0 radical (unpaired) electrons. The molecule has 0 unspecified atom stereocenters. The van der Waals surface area contributed by atoms with Crippen molar-refractivity contribution in [1.82, 2.24) is 9.03 Å². The molecule has 1 aliphatic rings. The summed E-state index contributed by atoms with van der Waals surface area (Å²) in [6, 6.07) is 8.27. The zero-order valence-electron chi connectivity index (χ0n) is 13.3. The molecule has 0 bridgehead atoms. The second-order valence-electron chi connectivity index (χ2n) is 6.05. The molecule has 0 amide bonds. The van der Waals surface area contributed by atoms with Crippen molar-refractivity contribution in [2.24, 2.45) is 0 Å². The second-order valence-corrected chi connectivity index (χ2v) is 7.91. The molecule has 0 heterocycles. The summed E-state index contributed by atoms with van der Waals surface area (Å²) >= 11 is 0.